The number of benzene rings is 1. The predicted molar refractivity (Wildman–Crippen MR) is 77.7 cm³/mol. The Morgan fingerprint density at radius 3 is 2.70 bits per heavy atom. The van der Waals surface area contributed by atoms with E-state index >= 15 is 0 Å². The third kappa shape index (κ3) is 4.68. The lowest BCUT2D eigenvalue weighted by Crippen LogP contribution is -2.48. The summed E-state index contributed by atoms with van der Waals surface area (Å²) in [4.78, 5) is 23.2. The molecule has 0 spiro atoms. The summed E-state index contributed by atoms with van der Waals surface area (Å²) in [5.41, 5.74) is -0.937. The summed E-state index contributed by atoms with van der Waals surface area (Å²) >= 11 is 0. The highest BCUT2D eigenvalue weighted by Crippen LogP contribution is 2.39. The molecule has 122 valence electrons. The number of nitriles is 1. The van der Waals surface area contributed by atoms with E-state index < -0.39 is 36.4 Å². The molecule has 1 fully saturated rings. The Balaban J connectivity index is 1.73. The second kappa shape index (κ2) is 7.09. The number of carbonyl (C=O) groups is 2. The topological polar surface area (TPSA) is 88.4 Å². The molecule has 1 aliphatic rings. The molecule has 1 aliphatic carbocycles. The minimum Gasteiger partial charge on any atom is -0.479 e. The van der Waals surface area contributed by atoms with E-state index in [1.165, 1.54) is 18.2 Å². The van der Waals surface area contributed by atoms with Gasteiger partial charge in [-0.1, -0.05) is 12.1 Å². The fraction of sp³-hybridized carbons (Fsp3) is 0.438. The zero-order valence-electron chi connectivity index (χ0n) is 12.7. The minimum atomic E-state index is -0.937. The Hall–Kier alpha value is -2.62. The molecule has 1 aromatic rings. The zero-order chi connectivity index (χ0) is 16.9. The number of nitrogens with one attached hydrogen (secondary N) is 1. The van der Waals surface area contributed by atoms with Gasteiger partial charge in [0.2, 0.25) is 0 Å². The molecule has 0 aromatic heterocycles. The van der Waals surface area contributed by atoms with Gasteiger partial charge in [-0.3, -0.25) is 4.79 Å². The van der Waals surface area contributed by atoms with Crippen molar-refractivity contribution in [2.75, 3.05) is 13.2 Å². The average Bonchev–Trinajstić information content (AvgIpc) is 3.37. The summed E-state index contributed by atoms with van der Waals surface area (Å²) in [6, 6.07) is 7.72. The van der Waals surface area contributed by atoms with E-state index in [2.05, 4.69) is 11.4 Å². The maximum atomic E-state index is 13.3. The number of hydrogen-bond donors (Lipinski definition) is 1. The molecule has 0 saturated heterocycles. The normalized spacial score (nSPS) is 15.9. The van der Waals surface area contributed by atoms with Crippen LogP contribution in [0.15, 0.2) is 24.3 Å². The molecule has 1 amide bonds. The quantitative estimate of drug-likeness (QED) is 0.770. The number of carbonyl (C=O) groups excluding carboxylic acids is 2. The maximum Gasteiger partial charge on any atom is 0.344 e. The first-order valence-electron chi connectivity index (χ1n) is 7.20. The molecule has 1 aromatic carbocycles. The first-order valence-corrected chi connectivity index (χ1v) is 7.20. The second-order valence-corrected chi connectivity index (χ2v) is 5.52. The summed E-state index contributed by atoms with van der Waals surface area (Å²) in [5, 5.41) is 11.7. The second-order valence-electron chi connectivity index (χ2n) is 5.52. The van der Waals surface area contributed by atoms with Gasteiger partial charge in [-0.15, -0.1) is 0 Å². The van der Waals surface area contributed by atoms with Crippen molar-refractivity contribution >= 4 is 11.9 Å². The lowest BCUT2D eigenvalue weighted by atomic mass is 9.98. The van der Waals surface area contributed by atoms with Crippen molar-refractivity contribution in [1.29, 1.82) is 5.26 Å². The van der Waals surface area contributed by atoms with Crippen LogP contribution in [0.4, 0.5) is 4.39 Å². The van der Waals surface area contributed by atoms with Crippen molar-refractivity contribution in [2.45, 2.75) is 25.3 Å². The summed E-state index contributed by atoms with van der Waals surface area (Å²) in [5.74, 6) is -1.88. The monoisotopic (exact) mass is 320 g/mol. The third-order valence-electron chi connectivity index (χ3n) is 3.57. The molecule has 1 N–H and O–H groups in total. The fourth-order valence-electron chi connectivity index (χ4n) is 2.09. The highest BCUT2D eigenvalue weighted by molar-refractivity contribution is 5.81. The molecule has 0 unspecified atom stereocenters. The number of esters is 1. The van der Waals surface area contributed by atoms with Gasteiger partial charge in [-0.25, -0.2) is 9.18 Å². The van der Waals surface area contributed by atoms with E-state index in [1.54, 1.807) is 13.0 Å². The van der Waals surface area contributed by atoms with Crippen LogP contribution in [-0.4, -0.2) is 30.6 Å². The van der Waals surface area contributed by atoms with Crippen molar-refractivity contribution in [1.82, 2.24) is 5.32 Å². The molecule has 0 aliphatic heterocycles. The molecule has 6 nitrogen and oxygen atoms in total. The van der Waals surface area contributed by atoms with Gasteiger partial charge in [0.25, 0.3) is 5.91 Å². The Labute approximate surface area is 133 Å². The van der Waals surface area contributed by atoms with Crippen LogP contribution in [0, 0.1) is 23.1 Å². The molecule has 0 radical (unpaired) electrons. The lowest BCUT2D eigenvalue weighted by Gasteiger charge is -2.22. The van der Waals surface area contributed by atoms with Crippen LogP contribution < -0.4 is 10.1 Å². The molecule has 7 heteroatoms. The molecule has 0 bridgehead atoms. The van der Waals surface area contributed by atoms with Crippen LogP contribution in [-0.2, 0) is 14.3 Å². The first-order chi connectivity index (χ1) is 10.9. The molecule has 1 atom stereocenters. The Bertz CT molecular complexity index is 639. The van der Waals surface area contributed by atoms with Gasteiger partial charge in [0.15, 0.2) is 24.8 Å². The summed E-state index contributed by atoms with van der Waals surface area (Å²) < 4.78 is 23.0. The van der Waals surface area contributed by atoms with Crippen LogP contribution >= 0.6 is 0 Å². The number of amides is 1. The Morgan fingerprint density at radius 1 is 1.39 bits per heavy atom. The largest absolute Gasteiger partial charge is 0.479 e. The number of hydrogen-bond acceptors (Lipinski definition) is 5. The number of halogens is 1. The smallest absolute Gasteiger partial charge is 0.344 e. The standard InChI is InChI=1S/C16H17FN2O4/c1-16(10-18,11-6-7-11)19-14(20)8-23-15(21)9-22-13-5-3-2-4-12(13)17/h2-5,11H,6-9H2,1H3,(H,19,20)/t16-/m0/s1. The van der Waals surface area contributed by atoms with Gasteiger partial charge in [0.05, 0.1) is 6.07 Å². The van der Waals surface area contributed by atoms with Gasteiger partial charge >= 0.3 is 5.97 Å². The van der Waals surface area contributed by atoms with Crippen molar-refractivity contribution < 1.29 is 23.5 Å². The molecular formula is C16H17FN2O4. The van der Waals surface area contributed by atoms with E-state index in [1.807, 2.05) is 0 Å². The maximum absolute atomic E-state index is 13.3. The van der Waals surface area contributed by atoms with Gasteiger partial charge in [0, 0.05) is 0 Å². The van der Waals surface area contributed by atoms with Crippen LogP contribution in [0.25, 0.3) is 0 Å². The summed E-state index contributed by atoms with van der Waals surface area (Å²) in [6.07, 6.45) is 1.78. The van der Waals surface area contributed by atoms with Gasteiger partial charge in [0.1, 0.15) is 5.54 Å². The number of nitrogens with zero attached hydrogens (tertiary/aromatic N) is 1. The van der Waals surface area contributed by atoms with Gasteiger partial charge in [-0.2, -0.15) is 5.26 Å². The molecule has 23 heavy (non-hydrogen) atoms. The zero-order valence-corrected chi connectivity index (χ0v) is 12.7. The van der Waals surface area contributed by atoms with Crippen molar-refractivity contribution in [3.63, 3.8) is 0 Å². The van der Waals surface area contributed by atoms with Gasteiger partial charge in [-0.05, 0) is 37.8 Å². The average molecular weight is 320 g/mol. The Morgan fingerprint density at radius 2 is 2.09 bits per heavy atom. The van der Waals surface area contributed by atoms with Crippen LogP contribution in [0.5, 0.6) is 5.75 Å². The third-order valence-corrected chi connectivity index (χ3v) is 3.57. The highest BCUT2D eigenvalue weighted by atomic mass is 19.1. The SMILES string of the molecule is C[C@@](C#N)(NC(=O)COC(=O)COc1ccccc1F)C1CC1. The highest BCUT2D eigenvalue weighted by Gasteiger charge is 2.43. The van der Waals surface area contributed by atoms with Crippen LogP contribution in [0.3, 0.4) is 0 Å². The minimum absolute atomic E-state index is 0.0697. The van der Waals surface area contributed by atoms with E-state index in [0.29, 0.717) is 0 Å². The van der Waals surface area contributed by atoms with E-state index in [0.717, 1.165) is 12.8 Å². The van der Waals surface area contributed by atoms with E-state index in [-0.39, 0.29) is 11.7 Å². The first kappa shape index (κ1) is 16.7. The number of para-hydroxylation sites is 1. The lowest BCUT2D eigenvalue weighted by molar-refractivity contribution is -0.150. The van der Waals surface area contributed by atoms with Crippen molar-refractivity contribution in [3.8, 4) is 11.8 Å². The predicted octanol–water partition coefficient (Wildman–Crippen LogP) is 1.56. The van der Waals surface area contributed by atoms with E-state index in [9.17, 15) is 14.0 Å². The van der Waals surface area contributed by atoms with E-state index in [4.69, 9.17) is 14.7 Å². The van der Waals surface area contributed by atoms with Crippen molar-refractivity contribution in [3.05, 3.63) is 30.1 Å². The number of ether oxygens (including phenoxy) is 2. The number of rotatable bonds is 7. The van der Waals surface area contributed by atoms with Crippen LogP contribution in [0.2, 0.25) is 0 Å². The molecule has 0 heterocycles. The summed E-state index contributed by atoms with van der Waals surface area (Å²) in [6.45, 7) is 0.626. The summed E-state index contributed by atoms with van der Waals surface area (Å²) in [7, 11) is 0. The van der Waals surface area contributed by atoms with Crippen molar-refractivity contribution in [2.24, 2.45) is 5.92 Å². The molecule has 2 rings (SSSR count). The fourth-order valence-corrected chi connectivity index (χ4v) is 2.09. The van der Waals surface area contributed by atoms with Gasteiger partial charge < -0.3 is 14.8 Å². The molecular weight excluding hydrogens is 303 g/mol. The molecule has 1 saturated carbocycles. The Kier molecular flexibility index (Phi) is 5.16. The van der Waals surface area contributed by atoms with Crippen LogP contribution in [0.1, 0.15) is 19.8 Å².